The van der Waals surface area contributed by atoms with E-state index in [0.29, 0.717) is 19.0 Å². The maximum Gasteiger partial charge on any atom is 0.410 e. The number of nitrogens with one attached hydrogen (secondary N) is 3. The number of hydrogen-bond acceptors (Lipinski definition) is 8. The van der Waals surface area contributed by atoms with Crippen LogP contribution in [-0.2, 0) is 4.74 Å². The average Bonchev–Trinajstić information content (AvgIpc) is 2.71. The smallest absolute Gasteiger partial charge is 0.410 e. The molecular formula is C21H30N8O3. The van der Waals surface area contributed by atoms with Crippen LogP contribution in [0.15, 0.2) is 18.3 Å². The number of hydrazine groups is 1. The molecule has 3 heterocycles. The highest BCUT2D eigenvalue weighted by molar-refractivity contribution is 5.87. The van der Waals surface area contributed by atoms with Gasteiger partial charge in [0.25, 0.3) is 0 Å². The van der Waals surface area contributed by atoms with Crippen molar-refractivity contribution in [1.82, 2.24) is 30.3 Å². The molecule has 2 aromatic heterocycles. The van der Waals surface area contributed by atoms with Crippen molar-refractivity contribution in [2.45, 2.75) is 59.0 Å². The predicted octanol–water partition coefficient (Wildman–Crippen LogP) is 3.15. The van der Waals surface area contributed by atoms with Crippen molar-refractivity contribution < 1.29 is 14.3 Å². The first-order valence-corrected chi connectivity index (χ1v) is 10.6. The zero-order valence-electron chi connectivity index (χ0n) is 19.1. The van der Waals surface area contributed by atoms with E-state index >= 15 is 0 Å². The van der Waals surface area contributed by atoms with Crippen LogP contribution in [0.1, 0.15) is 56.6 Å². The van der Waals surface area contributed by atoms with E-state index in [1.807, 2.05) is 46.8 Å². The monoisotopic (exact) mass is 442 g/mol. The molecule has 0 saturated carbocycles. The molecule has 1 saturated heterocycles. The average molecular weight is 443 g/mol. The summed E-state index contributed by atoms with van der Waals surface area (Å²) in [4.78, 5) is 43.1. The number of amides is 3. The van der Waals surface area contributed by atoms with Crippen molar-refractivity contribution in [3.05, 3.63) is 35.4 Å². The molecule has 172 valence electrons. The number of urea groups is 1. The van der Waals surface area contributed by atoms with E-state index in [-0.39, 0.29) is 18.0 Å². The summed E-state index contributed by atoms with van der Waals surface area (Å²) in [5, 5.41) is 2.60. The van der Waals surface area contributed by atoms with Crippen LogP contribution in [0.2, 0.25) is 0 Å². The number of rotatable bonds is 4. The number of hydrogen-bond donors (Lipinski definition) is 3. The molecule has 0 bridgehead atoms. The maximum atomic E-state index is 12.2. The largest absolute Gasteiger partial charge is 0.444 e. The summed E-state index contributed by atoms with van der Waals surface area (Å²) in [7, 11) is 0. The van der Waals surface area contributed by atoms with Gasteiger partial charge in [0.2, 0.25) is 11.9 Å². The highest BCUT2D eigenvalue weighted by Gasteiger charge is 2.28. The second-order valence-corrected chi connectivity index (χ2v) is 8.73. The number of aryl methyl sites for hydroxylation is 2. The summed E-state index contributed by atoms with van der Waals surface area (Å²) in [5.41, 5.74) is 7.03. The number of nitrogens with zero attached hydrogens (tertiary/aromatic N) is 5. The first kappa shape index (κ1) is 23.2. The molecule has 1 aliphatic rings. The van der Waals surface area contributed by atoms with E-state index in [1.165, 1.54) is 0 Å². The van der Waals surface area contributed by atoms with E-state index in [1.54, 1.807) is 11.1 Å². The van der Waals surface area contributed by atoms with Gasteiger partial charge in [0.05, 0.1) is 0 Å². The van der Waals surface area contributed by atoms with Gasteiger partial charge < -0.3 is 9.64 Å². The summed E-state index contributed by atoms with van der Waals surface area (Å²) >= 11 is 0. The highest BCUT2D eigenvalue weighted by Crippen LogP contribution is 2.27. The Hall–Kier alpha value is -3.50. The normalized spacial score (nSPS) is 14.6. The summed E-state index contributed by atoms with van der Waals surface area (Å²) in [5.74, 6) is 0.656. The molecule has 3 N–H and O–H groups in total. The minimum absolute atomic E-state index is 0.169. The van der Waals surface area contributed by atoms with Crippen molar-refractivity contribution in [1.29, 1.82) is 0 Å². The fraction of sp³-hybridized carbons (Fsp3) is 0.524. The van der Waals surface area contributed by atoms with Gasteiger partial charge in [-0.3, -0.25) is 10.7 Å². The number of anilines is 2. The minimum Gasteiger partial charge on any atom is -0.444 e. The Labute approximate surface area is 187 Å². The van der Waals surface area contributed by atoms with Crippen LogP contribution in [0.4, 0.5) is 21.5 Å². The number of likely N-dealkylation sites (tertiary alicyclic amines) is 1. The third kappa shape index (κ3) is 6.76. The zero-order valence-corrected chi connectivity index (χ0v) is 19.1. The van der Waals surface area contributed by atoms with Gasteiger partial charge >= 0.3 is 12.1 Å². The Kier molecular flexibility index (Phi) is 7.06. The second-order valence-electron chi connectivity index (χ2n) is 8.73. The molecule has 0 aromatic carbocycles. The Morgan fingerprint density at radius 1 is 1.06 bits per heavy atom. The molecule has 0 unspecified atom stereocenters. The number of aromatic nitrogens is 4. The van der Waals surface area contributed by atoms with E-state index in [9.17, 15) is 9.59 Å². The minimum atomic E-state index is -0.537. The fourth-order valence-electron chi connectivity index (χ4n) is 3.37. The lowest BCUT2D eigenvalue weighted by atomic mass is 9.93. The van der Waals surface area contributed by atoms with Crippen LogP contribution in [0.5, 0.6) is 0 Å². The van der Waals surface area contributed by atoms with Crippen molar-refractivity contribution in [3.63, 3.8) is 0 Å². The number of ether oxygens (including phenoxy) is 1. The van der Waals surface area contributed by atoms with Crippen molar-refractivity contribution >= 4 is 24.0 Å². The molecule has 3 rings (SSSR count). The van der Waals surface area contributed by atoms with Gasteiger partial charge in [0, 0.05) is 42.3 Å². The van der Waals surface area contributed by atoms with Gasteiger partial charge in [-0.2, -0.15) is 0 Å². The summed E-state index contributed by atoms with van der Waals surface area (Å²) in [6.07, 6.45) is 2.83. The van der Waals surface area contributed by atoms with E-state index in [0.717, 1.165) is 29.9 Å². The molecule has 0 radical (unpaired) electrons. The fourth-order valence-corrected chi connectivity index (χ4v) is 3.37. The summed E-state index contributed by atoms with van der Waals surface area (Å²) < 4.78 is 5.44. The van der Waals surface area contributed by atoms with E-state index < -0.39 is 11.6 Å². The van der Waals surface area contributed by atoms with E-state index in [4.69, 9.17) is 4.74 Å². The molecular weight excluding hydrogens is 412 g/mol. The molecule has 1 fully saturated rings. The maximum absolute atomic E-state index is 12.2. The molecule has 11 nitrogen and oxygen atoms in total. The van der Waals surface area contributed by atoms with Crippen LogP contribution in [0, 0.1) is 13.8 Å². The quantitative estimate of drug-likeness (QED) is 0.615. The van der Waals surface area contributed by atoms with Gasteiger partial charge in [-0.1, -0.05) is 0 Å². The van der Waals surface area contributed by atoms with Crippen LogP contribution < -0.4 is 16.2 Å². The lowest BCUT2D eigenvalue weighted by Crippen LogP contribution is -2.41. The van der Waals surface area contributed by atoms with Crippen LogP contribution >= 0.6 is 0 Å². The molecule has 0 atom stereocenters. The third-order valence-electron chi connectivity index (χ3n) is 4.74. The van der Waals surface area contributed by atoms with Crippen LogP contribution in [-0.4, -0.2) is 55.7 Å². The van der Waals surface area contributed by atoms with Gasteiger partial charge in [-0.25, -0.2) is 35.0 Å². The van der Waals surface area contributed by atoms with E-state index in [2.05, 4.69) is 36.1 Å². The van der Waals surface area contributed by atoms with Crippen molar-refractivity contribution in [3.8, 4) is 0 Å². The first-order valence-electron chi connectivity index (χ1n) is 10.6. The Morgan fingerprint density at radius 3 is 2.34 bits per heavy atom. The Morgan fingerprint density at radius 2 is 1.72 bits per heavy atom. The zero-order chi connectivity index (χ0) is 23.3. The van der Waals surface area contributed by atoms with Crippen molar-refractivity contribution in [2.75, 3.05) is 23.8 Å². The molecule has 1 aliphatic heterocycles. The topological polar surface area (TPSA) is 134 Å². The second kappa shape index (κ2) is 9.75. The third-order valence-corrected chi connectivity index (χ3v) is 4.74. The number of piperidine rings is 1. The van der Waals surface area contributed by atoms with Crippen LogP contribution in [0.25, 0.3) is 0 Å². The number of carbonyl (C=O) groups is 2. The summed E-state index contributed by atoms with van der Waals surface area (Å²) in [6.45, 7) is 10.4. The molecule has 0 spiro atoms. The van der Waals surface area contributed by atoms with Gasteiger partial charge in [-0.05, 0) is 59.6 Å². The summed E-state index contributed by atoms with van der Waals surface area (Å²) in [6, 6.07) is 3.13. The molecule has 32 heavy (non-hydrogen) atoms. The van der Waals surface area contributed by atoms with Crippen molar-refractivity contribution in [2.24, 2.45) is 0 Å². The lowest BCUT2D eigenvalue weighted by molar-refractivity contribution is 0.0204. The highest BCUT2D eigenvalue weighted by atomic mass is 16.6. The molecule has 2 aromatic rings. The van der Waals surface area contributed by atoms with Crippen LogP contribution in [0.3, 0.4) is 0 Å². The number of carbonyl (C=O) groups excluding carboxylic acids is 2. The van der Waals surface area contributed by atoms with Gasteiger partial charge in [0.1, 0.15) is 5.60 Å². The standard InChI is InChI=1S/C21H30N8O3/c1-13-12-14(2)24-18(23-13)27-28-19(30)26-17-22-9-6-16(25-17)15-7-10-29(11-8-15)20(31)32-21(3,4)5/h6,9,12,15H,7-8,10-11H2,1-5H3,(H,23,24,27)(H2,22,25,26,28,30). The molecule has 11 heteroatoms. The van der Waals surface area contributed by atoms with Gasteiger partial charge in [0.15, 0.2) is 0 Å². The lowest BCUT2D eigenvalue weighted by Gasteiger charge is -2.33. The molecule has 3 amide bonds. The van der Waals surface area contributed by atoms with Gasteiger partial charge in [-0.15, -0.1) is 0 Å². The Bertz CT molecular complexity index is 948. The molecule has 0 aliphatic carbocycles. The first-order chi connectivity index (χ1) is 15.1. The predicted molar refractivity (Wildman–Crippen MR) is 119 cm³/mol. The Balaban J connectivity index is 1.52. The SMILES string of the molecule is Cc1cc(C)nc(NNC(=O)Nc2nccc(C3CCN(C(=O)OC(C)(C)C)CC3)n2)n1.